The third kappa shape index (κ3) is 2.02. The Bertz CT molecular complexity index is 152. The number of ketones is 1. The summed E-state index contributed by atoms with van der Waals surface area (Å²) in [4.78, 5) is 11.0. The van der Waals surface area contributed by atoms with Gasteiger partial charge in [0.2, 0.25) is 11.6 Å². The molecule has 0 radical (unpaired) electrons. The van der Waals surface area contributed by atoms with Crippen LogP contribution in [-0.4, -0.2) is 11.6 Å². The summed E-state index contributed by atoms with van der Waals surface area (Å²) >= 11 is 0. The first-order valence-electron chi connectivity index (χ1n) is 2.92. The number of carbonyl (C=O) groups excluding carboxylic acids is 1. The van der Waals surface area contributed by atoms with Crippen molar-refractivity contribution in [2.24, 2.45) is 22.7 Å². The van der Waals surface area contributed by atoms with Crippen molar-refractivity contribution in [1.29, 1.82) is 0 Å². The van der Waals surface area contributed by atoms with Crippen molar-refractivity contribution in [3.8, 4) is 0 Å². The first kappa shape index (κ1) is 8.90. The maximum absolute atomic E-state index is 11.0. The minimum absolute atomic E-state index is 0.00926. The summed E-state index contributed by atoms with van der Waals surface area (Å²) in [5.41, 5.74) is 2.11. The number of hydrazone groups is 1. The van der Waals surface area contributed by atoms with Crippen molar-refractivity contribution in [3.63, 3.8) is 0 Å². The molecular weight excluding hydrogens is 132 g/mol. The summed E-state index contributed by atoms with van der Waals surface area (Å²) in [6, 6.07) is 0. The molecule has 0 aliphatic rings. The first-order valence-corrected chi connectivity index (χ1v) is 2.92. The molecule has 0 aromatic rings. The maximum atomic E-state index is 11.0. The van der Waals surface area contributed by atoms with E-state index in [1.54, 1.807) is 13.8 Å². The lowest BCUT2D eigenvalue weighted by Gasteiger charge is -2.04. The average molecular weight is 144 g/mol. The Morgan fingerprint density at radius 3 is 2.20 bits per heavy atom. The highest BCUT2D eigenvalue weighted by Crippen LogP contribution is 1.93. The number of amidine groups is 1. The average Bonchev–Trinajstić information content (AvgIpc) is 1.90. The second-order valence-electron chi connectivity index (χ2n) is 2.14. The summed E-state index contributed by atoms with van der Waals surface area (Å²) in [6.45, 7) is 3.48. The van der Waals surface area contributed by atoms with Gasteiger partial charge >= 0.3 is 0 Å². The van der Waals surface area contributed by atoms with Gasteiger partial charge in [-0.1, -0.05) is 13.8 Å². The number of rotatable bonds is 2. The van der Waals surface area contributed by atoms with E-state index in [2.05, 4.69) is 10.5 Å². The zero-order valence-corrected chi connectivity index (χ0v) is 6.09. The molecule has 0 spiro atoms. The minimum atomic E-state index is -0.190. The molecule has 5 nitrogen and oxygen atoms in total. The lowest BCUT2D eigenvalue weighted by molar-refractivity contribution is -0.115. The van der Waals surface area contributed by atoms with Gasteiger partial charge in [-0.15, -0.1) is 0 Å². The minimum Gasteiger partial charge on any atom is -0.321 e. The number of nitrogens with one attached hydrogen (secondary N) is 1. The highest BCUT2D eigenvalue weighted by atomic mass is 16.1. The van der Waals surface area contributed by atoms with E-state index in [0.29, 0.717) is 0 Å². The normalized spacial score (nSPS) is 11.8. The van der Waals surface area contributed by atoms with E-state index < -0.39 is 0 Å². The largest absolute Gasteiger partial charge is 0.321 e. The van der Waals surface area contributed by atoms with Crippen molar-refractivity contribution in [2.45, 2.75) is 13.8 Å². The molecule has 0 saturated heterocycles. The van der Waals surface area contributed by atoms with Crippen molar-refractivity contribution in [3.05, 3.63) is 0 Å². The molecule has 0 atom stereocenters. The third-order valence-electron chi connectivity index (χ3n) is 1.02. The quantitative estimate of drug-likeness (QED) is 0.199. The van der Waals surface area contributed by atoms with Crippen LogP contribution in [0.25, 0.3) is 0 Å². The molecule has 0 aliphatic heterocycles. The molecule has 0 aromatic heterocycles. The molecular formula is C5H12N4O. The zero-order valence-electron chi connectivity index (χ0n) is 6.09. The van der Waals surface area contributed by atoms with Crippen molar-refractivity contribution < 1.29 is 4.79 Å². The fourth-order valence-corrected chi connectivity index (χ4v) is 0.445. The number of nitrogens with zero attached hydrogens (tertiary/aromatic N) is 1. The topological polar surface area (TPSA) is 93.5 Å². The van der Waals surface area contributed by atoms with Gasteiger partial charge in [-0.05, 0) is 0 Å². The Morgan fingerprint density at radius 2 is 2.10 bits per heavy atom. The molecule has 0 amide bonds. The zero-order chi connectivity index (χ0) is 8.15. The highest BCUT2D eigenvalue weighted by molar-refractivity contribution is 6.39. The smallest absolute Gasteiger partial charge is 0.203 e. The van der Waals surface area contributed by atoms with E-state index in [0.717, 1.165) is 0 Å². The van der Waals surface area contributed by atoms with Crippen LogP contribution in [0.4, 0.5) is 0 Å². The Labute approximate surface area is 59.4 Å². The predicted octanol–water partition coefficient (Wildman–Crippen LogP) is -1.05. The molecule has 0 saturated carbocycles. The molecule has 0 rings (SSSR count). The number of carbonyl (C=O) groups is 1. The van der Waals surface area contributed by atoms with Gasteiger partial charge in [0.25, 0.3) is 0 Å². The van der Waals surface area contributed by atoms with Crippen LogP contribution in [0.3, 0.4) is 0 Å². The summed E-state index contributed by atoms with van der Waals surface area (Å²) in [7, 11) is 0. The lowest BCUT2D eigenvalue weighted by Crippen LogP contribution is -2.39. The standard InChI is InChI=1S/C5H12N4O/c1-3(2)4(10)5(8-6)9-7/h3H,6-7H2,1-2H3,(H,8,9). The number of hydrogen-bond donors (Lipinski definition) is 3. The van der Waals surface area contributed by atoms with E-state index in [1.165, 1.54) is 0 Å². The molecule has 0 aromatic carbocycles. The summed E-state index contributed by atoms with van der Waals surface area (Å²) in [5, 5.41) is 3.16. The fraction of sp³-hybridized carbons (Fsp3) is 0.600. The van der Waals surface area contributed by atoms with E-state index in [-0.39, 0.29) is 17.5 Å². The van der Waals surface area contributed by atoms with Crippen LogP contribution in [0, 0.1) is 5.92 Å². The van der Waals surface area contributed by atoms with Gasteiger partial charge in [0.1, 0.15) is 0 Å². The van der Waals surface area contributed by atoms with Crippen LogP contribution in [0.5, 0.6) is 0 Å². The number of Topliss-reactive ketones (excluding diaryl/α,β-unsaturated/α-hetero) is 1. The molecule has 10 heavy (non-hydrogen) atoms. The van der Waals surface area contributed by atoms with Crippen LogP contribution in [0.15, 0.2) is 5.10 Å². The Kier molecular flexibility index (Phi) is 3.42. The molecule has 0 aliphatic carbocycles. The van der Waals surface area contributed by atoms with E-state index in [9.17, 15) is 4.79 Å². The van der Waals surface area contributed by atoms with Gasteiger partial charge in [-0.2, -0.15) is 5.10 Å². The molecule has 5 N–H and O–H groups in total. The van der Waals surface area contributed by atoms with Gasteiger partial charge in [0, 0.05) is 5.92 Å². The number of hydrogen-bond acceptors (Lipinski definition) is 4. The third-order valence-corrected chi connectivity index (χ3v) is 1.02. The summed E-state index contributed by atoms with van der Waals surface area (Å²) in [6.07, 6.45) is 0. The Hall–Kier alpha value is -1.10. The van der Waals surface area contributed by atoms with Crippen LogP contribution in [0.2, 0.25) is 0 Å². The fourth-order valence-electron chi connectivity index (χ4n) is 0.445. The predicted molar refractivity (Wildman–Crippen MR) is 38.8 cm³/mol. The van der Waals surface area contributed by atoms with Crippen molar-refractivity contribution in [1.82, 2.24) is 5.43 Å². The van der Waals surface area contributed by atoms with Crippen LogP contribution in [-0.2, 0) is 4.79 Å². The summed E-state index contributed by atoms with van der Waals surface area (Å²) in [5.74, 6) is 9.47. The number of nitrogens with two attached hydrogens (primary N) is 2. The Morgan fingerprint density at radius 1 is 1.60 bits per heavy atom. The monoisotopic (exact) mass is 144 g/mol. The van der Waals surface area contributed by atoms with Crippen molar-refractivity contribution in [2.75, 3.05) is 0 Å². The van der Waals surface area contributed by atoms with Crippen LogP contribution in [0.1, 0.15) is 13.8 Å². The van der Waals surface area contributed by atoms with Crippen LogP contribution >= 0.6 is 0 Å². The van der Waals surface area contributed by atoms with Gasteiger partial charge in [0.15, 0.2) is 0 Å². The van der Waals surface area contributed by atoms with E-state index in [1.807, 2.05) is 0 Å². The first-order chi connectivity index (χ1) is 4.63. The van der Waals surface area contributed by atoms with Gasteiger partial charge in [-0.25, -0.2) is 5.84 Å². The molecule has 0 unspecified atom stereocenters. The second-order valence-corrected chi connectivity index (χ2v) is 2.14. The van der Waals surface area contributed by atoms with Gasteiger partial charge in [0.05, 0.1) is 0 Å². The molecule has 58 valence electrons. The SMILES string of the molecule is CC(C)C(=O)/C(=N/N)NN. The Balaban J connectivity index is 4.18. The van der Waals surface area contributed by atoms with Gasteiger partial charge < -0.3 is 11.3 Å². The molecule has 5 heteroatoms. The van der Waals surface area contributed by atoms with Crippen molar-refractivity contribution >= 4 is 11.6 Å². The number of hydrazine groups is 1. The second kappa shape index (κ2) is 3.84. The van der Waals surface area contributed by atoms with E-state index in [4.69, 9.17) is 11.7 Å². The molecule has 0 bridgehead atoms. The lowest BCUT2D eigenvalue weighted by atomic mass is 10.1. The summed E-state index contributed by atoms with van der Waals surface area (Å²) < 4.78 is 0. The van der Waals surface area contributed by atoms with Crippen LogP contribution < -0.4 is 17.1 Å². The highest BCUT2D eigenvalue weighted by Gasteiger charge is 2.13. The molecule has 0 fully saturated rings. The molecule has 0 heterocycles. The van der Waals surface area contributed by atoms with Gasteiger partial charge in [-0.3, -0.25) is 4.79 Å². The van der Waals surface area contributed by atoms with E-state index >= 15 is 0 Å². The maximum Gasteiger partial charge on any atom is 0.203 e.